The van der Waals surface area contributed by atoms with E-state index in [2.05, 4.69) is 30.2 Å². The third-order valence-corrected chi connectivity index (χ3v) is 3.47. The zero-order valence-electron chi connectivity index (χ0n) is 9.66. The van der Waals surface area contributed by atoms with Crippen LogP contribution in [0.3, 0.4) is 0 Å². The lowest BCUT2D eigenvalue weighted by molar-refractivity contribution is 0.435. The minimum absolute atomic E-state index is 0.423. The average molecular weight is 216 g/mol. The summed E-state index contributed by atoms with van der Waals surface area (Å²) in [6, 6.07) is 6.08. The fourth-order valence-corrected chi connectivity index (χ4v) is 2.40. The van der Waals surface area contributed by atoms with Crippen molar-refractivity contribution in [3.63, 3.8) is 0 Å². The summed E-state index contributed by atoms with van der Waals surface area (Å²) in [7, 11) is 0. The molecule has 0 bridgehead atoms. The molecule has 1 aromatic carbocycles. The summed E-state index contributed by atoms with van der Waals surface area (Å²) in [5.41, 5.74) is 3.11. The molecule has 1 saturated heterocycles. The molecule has 0 saturated carbocycles. The van der Waals surface area contributed by atoms with Gasteiger partial charge in [0.15, 0.2) is 11.5 Å². The first kappa shape index (κ1) is 9.85. The van der Waals surface area contributed by atoms with Crippen LogP contribution in [0.25, 0.3) is 11.1 Å². The molecule has 2 heterocycles. The molecule has 2 unspecified atom stereocenters. The van der Waals surface area contributed by atoms with Gasteiger partial charge in [-0.15, -0.1) is 0 Å². The molecule has 16 heavy (non-hydrogen) atoms. The predicted octanol–water partition coefficient (Wildman–Crippen LogP) is 2.46. The lowest BCUT2D eigenvalue weighted by atomic mass is 9.98. The van der Waals surface area contributed by atoms with Gasteiger partial charge in [-0.05, 0) is 31.0 Å². The highest BCUT2D eigenvalue weighted by molar-refractivity contribution is 5.76. The molecule has 1 aliphatic rings. The van der Waals surface area contributed by atoms with E-state index < -0.39 is 0 Å². The van der Waals surface area contributed by atoms with Crippen molar-refractivity contribution in [2.24, 2.45) is 5.92 Å². The Labute approximate surface area is 94.9 Å². The summed E-state index contributed by atoms with van der Waals surface area (Å²) >= 11 is 0. The Morgan fingerprint density at radius 2 is 2.25 bits per heavy atom. The summed E-state index contributed by atoms with van der Waals surface area (Å²) in [5, 5.41) is 3.38. The number of fused-ring (bicyclic) bond motifs is 1. The van der Waals surface area contributed by atoms with Crippen molar-refractivity contribution >= 4 is 11.1 Å². The number of rotatable bonds is 1. The first-order valence-corrected chi connectivity index (χ1v) is 5.82. The Hall–Kier alpha value is -1.35. The Kier molecular flexibility index (Phi) is 2.21. The fourth-order valence-electron chi connectivity index (χ4n) is 2.40. The molecular formula is C13H16N2O. The smallest absolute Gasteiger partial charge is 0.200 e. The molecule has 0 aliphatic carbocycles. The van der Waals surface area contributed by atoms with E-state index >= 15 is 0 Å². The van der Waals surface area contributed by atoms with Crippen molar-refractivity contribution < 1.29 is 4.42 Å². The number of nitrogens with zero attached hydrogens (tertiary/aromatic N) is 1. The van der Waals surface area contributed by atoms with Gasteiger partial charge in [0, 0.05) is 6.54 Å². The topological polar surface area (TPSA) is 38.1 Å². The number of hydrogen-bond acceptors (Lipinski definition) is 3. The van der Waals surface area contributed by atoms with E-state index in [9.17, 15) is 0 Å². The highest BCUT2D eigenvalue weighted by Gasteiger charge is 2.29. The normalized spacial score (nSPS) is 25.4. The zero-order valence-corrected chi connectivity index (χ0v) is 9.66. The van der Waals surface area contributed by atoms with Crippen molar-refractivity contribution in [2.75, 3.05) is 13.1 Å². The number of hydrogen-bond donors (Lipinski definition) is 1. The monoisotopic (exact) mass is 216 g/mol. The lowest BCUT2D eigenvalue weighted by Gasteiger charge is -2.08. The van der Waals surface area contributed by atoms with Crippen LogP contribution in [0.2, 0.25) is 0 Å². The van der Waals surface area contributed by atoms with Crippen molar-refractivity contribution in [3.8, 4) is 0 Å². The maximum absolute atomic E-state index is 5.85. The summed E-state index contributed by atoms with van der Waals surface area (Å²) in [6.07, 6.45) is 0. The Bertz CT molecular complexity index is 518. The average Bonchev–Trinajstić information content (AvgIpc) is 2.84. The quantitative estimate of drug-likeness (QED) is 0.795. The number of nitrogens with one attached hydrogen (secondary N) is 1. The number of benzene rings is 1. The number of oxazole rings is 1. The summed E-state index contributed by atoms with van der Waals surface area (Å²) < 4.78 is 5.85. The molecule has 2 aromatic rings. The summed E-state index contributed by atoms with van der Waals surface area (Å²) in [4.78, 5) is 4.64. The van der Waals surface area contributed by atoms with Crippen molar-refractivity contribution in [1.29, 1.82) is 0 Å². The third-order valence-electron chi connectivity index (χ3n) is 3.47. The van der Waals surface area contributed by atoms with Gasteiger partial charge in [-0.3, -0.25) is 0 Å². The molecule has 3 nitrogen and oxygen atoms in total. The van der Waals surface area contributed by atoms with Crippen molar-refractivity contribution in [1.82, 2.24) is 10.3 Å². The Balaban J connectivity index is 2.08. The van der Waals surface area contributed by atoms with Gasteiger partial charge in [-0.2, -0.15) is 0 Å². The van der Waals surface area contributed by atoms with Crippen LogP contribution in [0.4, 0.5) is 0 Å². The van der Waals surface area contributed by atoms with Crippen LogP contribution >= 0.6 is 0 Å². The van der Waals surface area contributed by atoms with E-state index in [0.29, 0.717) is 11.8 Å². The van der Waals surface area contributed by atoms with E-state index in [1.165, 1.54) is 5.56 Å². The molecule has 1 aromatic heterocycles. The van der Waals surface area contributed by atoms with Gasteiger partial charge in [0.2, 0.25) is 0 Å². The molecule has 1 aliphatic heterocycles. The minimum atomic E-state index is 0.423. The van der Waals surface area contributed by atoms with Gasteiger partial charge in [0.25, 0.3) is 0 Å². The van der Waals surface area contributed by atoms with E-state index in [1.54, 1.807) is 0 Å². The largest absolute Gasteiger partial charge is 0.440 e. The molecular weight excluding hydrogens is 200 g/mol. The van der Waals surface area contributed by atoms with Crippen LogP contribution in [0.15, 0.2) is 22.6 Å². The number of para-hydroxylation sites is 1. The van der Waals surface area contributed by atoms with E-state index in [0.717, 1.165) is 30.1 Å². The maximum atomic E-state index is 5.85. The maximum Gasteiger partial charge on any atom is 0.200 e. The van der Waals surface area contributed by atoms with Crippen LogP contribution in [0.5, 0.6) is 0 Å². The van der Waals surface area contributed by atoms with Crippen molar-refractivity contribution in [3.05, 3.63) is 29.7 Å². The Morgan fingerprint density at radius 3 is 2.94 bits per heavy atom. The van der Waals surface area contributed by atoms with Gasteiger partial charge < -0.3 is 9.73 Å². The van der Waals surface area contributed by atoms with Crippen LogP contribution in [0, 0.1) is 12.8 Å². The lowest BCUT2D eigenvalue weighted by Crippen LogP contribution is -2.08. The molecule has 0 radical (unpaired) electrons. The van der Waals surface area contributed by atoms with E-state index in [-0.39, 0.29) is 0 Å². The fraction of sp³-hybridized carbons (Fsp3) is 0.462. The molecule has 1 fully saturated rings. The zero-order chi connectivity index (χ0) is 11.1. The minimum Gasteiger partial charge on any atom is -0.440 e. The molecule has 3 heteroatoms. The number of aromatic nitrogens is 1. The Morgan fingerprint density at radius 1 is 1.38 bits per heavy atom. The van der Waals surface area contributed by atoms with Crippen molar-refractivity contribution in [2.45, 2.75) is 19.8 Å². The van der Waals surface area contributed by atoms with Gasteiger partial charge in [-0.1, -0.05) is 19.1 Å². The van der Waals surface area contributed by atoms with Crippen LogP contribution < -0.4 is 5.32 Å². The summed E-state index contributed by atoms with van der Waals surface area (Å²) in [6.45, 7) is 6.35. The first-order chi connectivity index (χ1) is 7.75. The second kappa shape index (κ2) is 3.59. The molecule has 0 spiro atoms. The molecule has 2 atom stereocenters. The molecule has 84 valence electrons. The van der Waals surface area contributed by atoms with Crippen LogP contribution in [-0.4, -0.2) is 18.1 Å². The molecule has 3 rings (SSSR count). The highest BCUT2D eigenvalue weighted by atomic mass is 16.3. The van der Waals surface area contributed by atoms with Gasteiger partial charge in [0.05, 0.1) is 5.92 Å². The molecule has 0 amide bonds. The second-order valence-electron chi connectivity index (χ2n) is 4.72. The highest BCUT2D eigenvalue weighted by Crippen LogP contribution is 2.30. The van der Waals surface area contributed by atoms with Gasteiger partial charge >= 0.3 is 0 Å². The van der Waals surface area contributed by atoms with Gasteiger partial charge in [0.1, 0.15) is 5.52 Å². The van der Waals surface area contributed by atoms with Crippen LogP contribution in [-0.2, 0) is 0 Å². The standard InChI is InChI=1S/C13H16N2O/c1-8-4-3-5-11-12(8)15-13(16-11)10-7-14-6-9(10)2/h3-5,9-10,14H,6-7H2,1-2H3. The first-order valence-electron chi connectivity index (χ1n) is 5.82. The third kappa shape index (κ3) is 1.43. The second-order valence-corrected chi connectivity index (χ2v) is 4.72. The van der Waals surface area contributed by atoms with E-state index in [4.69, 9.17) is 4.42 Å². The SMILES string of the molecule is Cc1cccc2oc(C3CNCC3C)nc12. The number of aryl methyl sites for hydroxylation is 1. The predicted molar refractivity (Wildman–Crippen MR) is 63.5 cm³/mol. The van der Waals surface area contributed by atoms with E-state index in [1.807, 2.05) is 12.1 Å². The van der Waals surface area contributed by atoms with Crippen LogP contribution in [0.1, 0.15) is 24.3 Å². The summed E-state index contributed by atoms with van der Waals surface area (Å²) in [5.74, 6) is 1.92. The molecule has 1 N–H and O–H groups in total. The van der Waals surface area contributed by atoms with Gasteiger partial charge in [-0.25, -0.2) is 4.98 Å².